The molecular weight excluding hydrogens is 366 g/mol. The molecule has 1 aliphatic carbocycles. The Balaban J connectivity index is 1.45. The van der Waals surface area contributed by atoms with Gasteiger partial charge in [-0.3, -0.25) is 0 Å². The van der Waals surface area contributed by atoms with Crippen molar-refractivity contribution in [1.29, 1.82) is 0 Å². The van der Waals surface area contributed by atoms with E-state index in [0.717, 1.165) is 54.2 Å². The summed E-state index contributed by atoms with van der Waals surface area (Å²) >= 11 is 0. The van der Waals surface area contributed by atoms with Gasteiger partial charge < -0.3 is 25.0 Å². The highest BCUT2D eigenvalue weighted by atomic mass is 16.6. The Morgan fingerprint density at radius 1 is 1.03 bits per heavy atom. The van der Waals surface area contributed by atoms with Crippen molar-refractivity contribution in [2.24, 2.45) is 0 Å². The van der Waals surface area contributed by atoms with Gasteiger partial charge in [0.2, 0.25) is 0 Å². The maximum Gasteiger partial charge on any atom is 0.319 e. The number of hydrogen-bond donors (Lipinski definition) is 2. The van der Waals surface area contributed by atoms with Gasteiger partial charge in [0.15, 0.2) is 11.5 Å². The maximum absolute atomic E-state index is 12.7. The summed E-state index contributed by atoms with van der Waals surface area (Å²) in [4.78, 5) is 15.0. The minimum Gasteiger partial charge on any atom is -0.486 e. The van der Waals surface area contributed by atoms with Gasteiger partial charge in [-0.1, -0.05) is 6.07 Å². The third kappa shape index (κ3) is 3.97. The molecule has 2 aromatic rings. The fraction of sp³-hybridized carbons (Fsp3) is 0.435. The van der Waals surface area contributed by atoms with Crippen molar-refractivity contribution in [3.8, 4) is 11.5 Å². The number of nitrogens with zero attached hydrogens (tertiary/aromatic N) is 1. The van der Waals surface area contributed by atoms with E-state index in [2.05, 4.69) is 41.5 Å². The lowest BCUT2D eigenvalue weighted by atomic mass is 10.0. The summed E-state index contributed by atoms with van der Waals surface area (Å²) < 4.78 is 11.3. The Bertz CT molecular complexity index is 904. The van der Waals surface area contributed by atoms with Crippen LogP contribution in [0, 0.1) is 6.92 Å². The van der Waals surface area contributed by atoms with Crippen LogP contribution in [0.2, 0.25) is 0 Å². The van der Waals surface area contributed by atoms with Crippen LogP contribution in [0.5, 0.6) is 11.5 Å². The topological polar surface area (TPSA) is 62.8 Å². The minimum atomic E-state index is -0.324. The molecule has 0 spiro atoms. The molecule has 4 rings (SSSR count). The van der Waals surface area contributed by atoms with Crippen molar-refractivity contribution in [3.05, 3.63) is 47.5 Å². The van der Waals surface area contributed by atoms with Gasteiger partial charge in [-0.2, -0.15) is 0 Å². The second-order valence-corrected chi connectivity index (χ2v) is 7.69. The lowest BCUT2D eigenvalue weighted by molar-refractivity contribution is 0.171. The lowest BCUT2D eigenvalue weighted by Gasteiger charge is -2.24. The maximum atomic E-state index is 12.7. The van der Waals surface area contributed by atoms with E-state index in [9.17, 15) is 4.79 Å². The van der Waals surface area contributed by atoms with Crippen LogP contribution in [-0.4, -0.2) is 32.3 Å². The zero-order chi connectivity index (χ0) is 20.4. The fourth-order valence-electron chi connectivity index (χ4n) is 3.90. The number of amides is 2. The van der Waals surface area contributed by atoms with Gasteiger partial charge in [-0.25, -0.2) is 4.79 Å². The van der Waals surface area contributed by atoms with Gasteiger partial charge >= 0.3 is 6.03 Å². The van der Waals surface area contributed by atoms with Crippen LogP contribution in [0.3, 0.4) is 0 Å². The quantitative estimate of drug-likeness (QED) is 0.760. The number of rotatable bonds is 6. The van der Waals surface area contributed by atoms with Gasteiger partial charge in [-0.05, 0) is 75.1 Å². The summed E-state index contributed by atoms with van der Waals surface area (Å²) in [6.07, 6.45) is 1.83. The first kappa shape index (κ1) is 19.4. The molecule has 0 atom stereocenters. The molecule has 154 valence electrons. The number of urea groups is 1. The largest absolute Gasteiger partial charge is 0.486 e. The smallest absolute Gasteiger partial charge is 0.319 e. The minimum absolute atomic E-state index is 0.184. The Hall–Kier alpha value is -2.89. The molecule has 6 heteroatoms. The number of hydrogen-bond acceptors (Lipinski definition) is 4. The Labute approximate surface area is 172 Å². The molecule has 2 N–H and O–H groups in total. The molecule has 1 heterocycles. The van der Waals surface area contributed by atoms with Gasteiger partial charge in [0.1, 0.15) is 13.2 Å². The second kappa shape index (κ2) is 7.85. The Morgan fingerprint density at radius 3 is 2.41 bits per heavy atom. The number of nitrogens with one attached hydrogen (secondary N) is 2. The highest BCUT2D eigenvalue weighted by molar-refractivity contribution is 5.91. The number of fused-ring (bicyclic) bond motifs is 1. The van der Waals surface area contributed by atoms with Gasteiger partial charge in [0.25, 0.3) is 0 Å². The summed E-state index contributed by atoms with van der Waals surface area (Å²) in [5.74, 6) is 1.52. The van der Waals surface area contributed by atoms with E-state index < -0.39 is 0 Å². The van der Waals surface area contributed by atoms with E-state index in [1.54, 1.807) is 0 Å². The SMILES string of the molecule is CCN(CC)c1ccc(NC(=O)NC2(c3ccc4c(c3)OCCO4)CC2)c(C)c1. The fourth-order valence-corrected chi connectivity index (χ4v) is 3.90. The monoisotopic (exact) mass is 395 g/mol. The van der Waals surface area contributed by atoms with E-state index >= 15 is 0 Å². The molecule has 1 aliphatic heterocycles. The van der Waals surface area contributed by atoms with Crippen molar-refractivity contribution in [2.75, 3.05) is 36.5 Å². The summed E-state index contributed by atoms with van der Waals surface area (Å²) in [6.45, 7) is 9.36. The average Bonchev–Trinajstić information content (AvgIpc) is 3.51. The first-order chi connectivity index (χ1) is 14.0. The number of anilines is 2. The predicted octanol–water partition coefficient (Wildman–Crippen LogP) is 4.42. The molecule has 0 unspecified atom stereocenters. The van der Waals surface area contributed by atoms with Crippen LogP contribution in [0.1, 0.15) is 37.8 Å². The van der Waals surface area contributed by atoms with Crippen LogP contribution in [-0.2, 0) is 5.54 Å². The molecule has 1 saturated carbocycles. The van der Waals surface area contributed by atoms with Crippen molar-refractivity contribution in [2.45, 2.75) is 39.2 Å². The standard InChI is InChI=1S/C23H29N3O3/c1-4-26(5-2)18-7-8-19(16(3)14-18)24-22(27)25-23(10-11-23)17-6-9-20-21(15-17)29-13-12-28-20/h6-9,14-15H,4-5,10-13H2,1-3H3,(H2,24,25,27). The molecule has 0 radical (unpaired) electrons. The molecule has 2 amide bonds. The van der Waals surface area contributed by atoms with Gasteiger partial charge in [0, 0.05) is 24.5 Å². The molecule has 2 aromatic carbocycles. The lowest BCUT2D eigenvalue weighted by Crippen LogP contribution is -2.38. The number of benzene rings is 2. The molecule has 2 aliphatic rings. The number of carbonyl (C=O) groups excluding carboxylic acids is 1. The van der Waals surface area contributed by atoms with Crippen molar-refractivity contribution in [3.63, 3.8) is 0 Å². The van der Waals surface area contributed by atoms with Crippen LogP contribution in [0.4, 0.5) is 16.2 Å². The normalized spacial score (nSPS) is 16.1. The van der Waals surface area contributed by atoms with Crippen LogP contribution < -0.4 is 25.0 Å². The summed E-state index contributed by atoms with van der Waals surface area (Å²) in [6, 6.07) is 11.9. The molecule has 29 heavy (non-hydrogen) atoms. The summed E-state index contributed by atoms with van der Waals surface area (Å²) in [5, 5.41) is 6.19. The molecule has 0 saturated heterocycles. The number of ether oxygens (including phenoxy) is 2. The summed E-state index contributed by atoms with van der Waals surface area (Å²) in [7, 11) is 0. The van der Waals surface area contributed by atoms with E-state index in [1.807, 2.05) is 31.2 Å². The van der Waals surface area contributed by atoms with Crippen molar-refractivity contribution in [1.82, 2.24) is 5.32 Å². The van der Waals surface area contributed by atoms with Crippen LogP contribution >= 0.6 is 0 Å². The van der Waals surface area contributed by atoms with E-state index in [0.29, 0.717) is 13.2 Å². The van der Waals surface area contributed by atoms with Crippen molar-refractivity contribution >= 4 is 17.4 Å². The first-order valence-corrected chi connectivity index (χ1v) is 10.4. The van der Waals surface area contributed by atoms with E-state index in [1.165, 1.54) is 5.69 Å². The zero-order valence-corrected chi connectivity index (χ0v) is 17.4. The third-order valence-corrected chi connectivity index (χ3v) is 5.78. The highest BCUT2D eigenvalue weighted by Crippen LogP contribution is 2.48. The van der Waals surface area contributed by atoms with Crippen LogP contribution in [0.15, 0.2) is 36.4 Å². The number of aryl methyl sites for hydroxylation is 1. The van der Waals surface area contributed by atoms with E-state index in [-0.39, 0.29) is 11.6 Å². The highest BCUT2D eigenvalue weighted by Gasteiger charge is 2.46. The first-order valence-electron chi connectivity index (χ1n) is 10.4. The zero-order valence-electron chi connectivity index (χ0n) is 17.4. The van der Waals surface area contributed by atoms with Crippen molar-refractivity contribution < 1.29 is 14.3 Å². The molecule has 0 aromatic heterocycles. The number of carbonyl (C=O) groups is 1. The molecule has 0 bridgehead atoms. The van der Waals surface area contributed by atoms with Gasteiger partial charge in [-0.15, -0.1) is 0 Å². The van der Waals surface area contributed by atoms with Crippen LogP contribution in [0.25, 0.3) is 0 Å². The van der Waals surface area contributed by atoms with E-state index in [4.69, 9.17) is 9.47 Å². The predicted molar refractivity (Wildman–Crippen MR) is 115 cm³/mol. The average molecular weight is 396 g/mol. The van der Waals surface area contributed by atoms with Gasteiger partial charge in [0.05, 0.1) is 5.54 Å². The summed E-state index contributed by atoms with van der Waals surface area (Å²) in [5.41, 5.74) is 3.79. The molecular formula is C23H29N3O3. The second-order valence-electron chi connectivity index (χ2n) is 7.69. The third-order valence-electron chi connectivity index (χ3n) is 5.78. The molecule has 6 nitrogen and oxygen atoms in total. The Morgan fingerprint density at radius 2 is 1.76 bits per heavy atom. The molecule has 1 fully saturated rings. The Kier molecular flexibility index (Phi) is 5.26.